The molecule has 10 heteroatoms. The number of nitrogens with zero attached hydrogens (tertiary/aromatic N) is 3. The Balaban J connectivity index is 1.58. The number of benzene rings is 2. The first kappa shape index (κ1) is 25.5. The molecule has 1 atom stereocenters. The smallest absolute Gasteiger partial charge is 0.325 e. The van der Waals surface area contributed by atoms with E-state index in [4.69, 9.17) is 16.3 Å². The van der Waals surface area contributed by atoms with Crippen LogP contribution in [-0.4, -0.2) is 61.0 Å². The highest BCUT2D eigenvalue weighted by Crippen LogP contribution is 2.32. The predicted molar refractivity (Wildman–Crippen MR) is 136 cm³/mol. The standard InChI is InChI=1S/C26H29ClN4O5/c1-3-36-24(33)14-28-26(35)30-16-18-7-4-5-8-22(18)31(15-17(30)2)25(34)20-11-10-19(13-21(20)27)29-12-6-9-23(29)32/h4-5,7-8,10-11,13,17H,3,6,9,12,14-16H2,1-2H3,(H,28,35)/t17-/m1/s1. The molecule has 0 bridgehead atoms. The summed E-state index contributed by atoms with van der Waals surface area (Å²) in [5, 5.41) is 2.86. The summed E-state index contributed by atoms with van der Waals surface area (Å²) in [5.74, 6) is -0.770. The van der Waals surface area contributed by atoms with Crippen molar-refractivity contribution in [1.82, 2.24) is 10.2 Å². The van der Waals surface area contributed by atoms with Crippen LogP contribution in [0.5, 0.6) is 0 Å². The minimum absolute atomic E-state index is 0.0433. The summed E-state index contributed by atoms with van der Waals surface area (Å²) in [6.45, 7) is 4.67. The SMILES string of the molecule is CCOC(=O)CNC(=O)N1Cc2ccccc2N(C(=O)c2ccc(N3CCCC3=O)cc2Cl)C[C@H]1C. The fourth-order valence-electron chi connectivity index (χ4n) is 4.55. The zero-order valence-electron chi connectivity index (χ0n) is 20.3. The van der Waals surface area contributed by atoms with Gasteiger partial charge in [0.05, 0.1) is 17.2 Å². The molecule has 0 radical (unpaired) electrons. The Bertz CT molecular complexity index is 1190. The van der Waals surface area contributed by atoms with Gasteiger partial charge in [0.2, 0.25) is 5.91 Å². The van der Waals surface area contributed by atoms with Crippen molar-refractivity contribution < 1.29 is 23.9 Å². The van der Waals surface area contributed by atoms with Crippen molar-refractivity contribution >= 4 is 46.8 Å². The van der Waals surface area contributed by atoms with E-state index in [1.807, 2.05) is 31.2 Å². The minimum Gasteiger partial charge on any atom is -0.465 e. The first-order chi connectivity index (χ1) is 17.3. The number of nitrogens with one attached hydrogen (secondary N) is 1. The largest absolute Gasteiger partial charge is 0.465 e. The van der Waals surface area contributed by atoms with Gasteiger partial charge in [0.25, 0.3) is 5.91 Å². The number of anilines is 2. The molecule has 36 heavy (non-hydrogen) atoms. The second-order valence-corrected chi connectivity index (χ2v) is 9.21. The molecule has 4 rings (SSSR count). The number of para-hydroxylation sites is 1. The summed E-state index contributed by atoms with van der Waals surface area (Å²) in [7, 11) is 0. The van der Waals surface area contributed by atoms with Gasteiger partial charge in [-0.05, 0) is 50.1 Å². The maximum atomic E-state index is 13.7. The Labute approximate surface area is 214 Å². The Kier molecular flexibility index (Phi) is 7.79. The summed E-state index contributed by atoms with van der Waals surface area (Å²) in [4.78, 5) is 55.3. The average molecular weight is 513 g/mol. The molecule has 190 valence electrons. The van der Waals surface area contributed by atoms with Crippen LogP contribution >= 0.6 is 11.6 Å². The molecule has 2 aliphatic heterocycles. The second kappa shape index (κ2) is 11.0. The zero-order chi connectivity index (χ0) is 25.8. The molecule has 1 N–H and O–H groups in total. The highest BCUT2D eigenvalue weighted by molar-refractivity contribution is 6.35. The number of carbonyl (C=O) groups excluding carboxylic acids is 4. The van der Waals surface area contributed by atoms with Gasteiger partial charge in [-0.15, -0.1) is 0 Å². The van der Waals surface area contributed by atoms with Crippen LogP contribution in [0.1, 0.15) is 42.6 Å². The van der Waals surface area contributed by atoms with Crippen LogP contribution in [0.4, 0.5) is 16.2 Å². The number of hydrogen-bond acceptors (Lipinski definition) is 5. The number of rotatable bonds is 5. The monoisotopic (exact) mass is 512 g/mol. The third kappa shape index (κ3) is 5.31. The lowest BCUT2D eigenvalue weighted by Gasteiger charge is -2.29. The van der Waals surface area contributed by atoms with Crippen LogP contribution in [-0.2, 0) is 20.9 Å². The van der Waals surface area contributed by atoms with Gasteiger partial charge >= 0.3 is 12.0 Å². The van der Waals surface area contributed by atoms with Gasteiger partial charge in [0.1, 0.15) is 6.54 Å². The molecule has 0 unspecified atom stereocenters. The van der Waals surface area contributed by atoms with E-state index in [0.29, 0.717) is 29.9 Å². The molecule has 0 spiro atoms. The van der Waals surface area contributed by atoms with Crippen molar-refractivity contribution in [2.24, 2.45) is 0 Å². The summed E-state index contributed by atoms with van der Waals surface area (Å²) >= 11 is 6.55. The van der Waals surface area contributed by atoms with E-state index >= 15 is 0 Å². The van der Waals surface area contributed by atoms with E-state index in [9.17, 15) is 19.2 Å². The van der Waals surface area contributed by atoms with Gasteiger partial charge in [-0.1, -0.05) is 29.8 Å². The third-order valence-electron chi connectivity index (χ3n) is 6.37. The van der Waals surface area contributed by atoms with Gasteiger partial charge < -0.3 is 24.8 Å². The van der Waals surface area contributed by atoms with Crippen molar-refractivity contribution in [1.29, 1.82) is 0 Å². The Morgan fingerprint density at radius 3 is 2.64 bits per heavy atom. The molecule has 1 fully saturated rings. The number of fused-ring (bicyclic) bond motifs is 1. The Hall–Kier alpha value is -3.59. The van der Waals surface area contributed by atoms with E-state index in [1.54, 1.807) is 39.8 Å². The second-order valence-electron chi connectivity index (χ2n) is 8.80. The molecule has 1 saturated heterocycles. The fourth-order valence-corrected chi connectivity index (χ4v) is 4.80. The van der Waals surface area contributed by atoms with Crippen molar-refractivity contribution in [3.63, 3.8) is 0 Å². The van der Waals surface area contributed by atoms with Crippen LogP contribution in [0.3, 0.4) is 0 Å². The lowest BCUT2D eigenvalue weighted by Crippen LogP contribution is -2.49. The molecule has 0 saturated carbocycles. The summed E-state index contributed by atoms with van der Waals surface area (Å²) in [6.07, 6.45) is 1.30. The fraction of sp³-hybridized carbons (Fsp3) is 0.385. The highest BCUT2D eigenvalue weighted by atomic mass is 35.5. The summed E-state index contributed by atoms with van der Waals surface area (Å²) < 4.78 is 4.88. The number of ether oxygens (including phenoxy) is 1. The molecular formula is C26H29ClN4O5. The normalized spacial score (nSPS) is 17.5. The van der Waals surface area contributed by atoms with Crippen LogP contribution in [0.25, 0.3) is 0 Å². The molecule has 2 aromatic rings. The molecule has 2 aromatic carbocycles. The van der Waals surface area contributed by atoms with Crippen molar-refractivity contribution in [3.8, 4) is 0 Å². The topological polar surface area (TPSA) is 99.3 Å². The number of esters is 1. The zero-order valence-corrected chi connectivity index (χ0v) is 21.1. The van der Waals surface area contributed by atoms with Crippen LogP contribution < -0.4 is 15.1 Å². The van der Waals surface area contributed by atoms with Gasteiger partial charge in [-0.25, -0.2) is 4.79 Å². The van der Waals surface area contributed by atoms with Crippen LogP contribution in [0, 0.1) is 0 Å². The van der Waals surface area contributed by atoms with E-state index in [2.05, 4.69) is 5.32 Å². The van der Waals surface area contributed by atoms with E-state index in [0.717, 1.165) is 12.0 Å². The minimum atomic E-state index is -0.515. The molecule has 2 heterocycles. The van der Waals surface area contributed by atoms with Gasteiger partial charge in [-0.3, -0.25) is 14.4 Å². The average Bonchev–Trinajstić information content (AvgIpc) is 3.23. The van der Waals surface area contributed by atoms with Gasteiger partial charge in [0, 0.05) is 43.5 Å². The predicted octanol–water partition coefficient (Wildman–Crippen LogP) is 3.59. The number of carbonyl (C=O) groups is 4. The molecule has 0 aromatic heterocycles. The van der Waals surface area contributed by atoms with E-state index in [-0.39, 0.29) is 49.1 Å². The number of hydrogen-bond donors (Lipinski definition) is 1. The van der Waals surface area contributed by atoms with Crippen molar-refractivity contribution in [2.45, 2.75) is 39.3 Å². The molecule has 4 amide bonds. The van der Waals surface area contributed by atoms with Crippen LogP contribution in [0.2, 0.25) is 5.02 Å². The van der Waals surface area contributed by atoms with Crippen molar-refractivity contribution in [3.05, 3.63) is 58.6 Å². The first-order valence-corrected chi connectivity index (χ1v) is 12.4. The van der Waals surface area contributed by atoms with Crippen LogP contribution in [0.15, 0.2) is 42.5 Å². The first-order valence-electron chi connectivity index (χ1n) is 12.0. The molecule has 0 aliphatic carbocycles. The quantitative estimate of drug-likeness (QED) is 0.617. The molecular weight excluding hydrogens is 484 g/mol. The number of urea groups is 1. The number of amides is 4. The van der Waals surface area contributed by atoms with E-state index < -0.39 is 12.0 Å². The summed E-state index contributed by atoms with van der Waals surface area (Å²) in [5.41, 5.74) is 2.46. The van der Waals surface area contributed by atoms with Gasteiger partial charge in [0.15, 0.2) is 0 Å². The lowest BCUT2D eigenvalue weighted by atomic mass is 10.1. The number of halogens is 1. The van der Waals surface area contributed by atoms with Crippen molar-refractivity contribution in [2.75, 3.05) is 36.0 Å². The van der Waals surface area contributed by atoms with E-state index in [1.165, 1.54) is 0 Å². The highest BCUT2D eigenvalue weighted by Gasteiger charge is 2.32. The molecule has 9 nitrogen and oxygen atoms in total. The Morgan fingerprint density at radius 2 is 1.94 bits per heavy atom. The lowest BCUT2D eigenvalue weighted by molar-refractivity contribution is -0.141. The third-order valence-corrected chi connectivity index (χ3v) is 6.68. The summed E-state index contributed by atoms with van der Waals surface area (Å²) in [6, 6.07) is 11.7. The van der Waals surface area contributed by atoms with Gasteiger partial charge in [-0.2, -0.15) is 0 Å². The maximum Gasteiger partial charge on any atom is 0.325 e. The maximum absolute atomic E-state index is 13.7. The Morgan fingerprint density at radius 1 is 1.17 bits per heavy atom. The molecule has 2 aliphatic rings.